The average molecular weight is 263 g/mol. The molecular weight excluding hydrogens is 248 g/mol. The molecule has 1 heterocycles. The molecule has 0 saturated carbocycles. The molecule has 1 aromatic rings. The van der Waals surface area contributed by atoms with Gasteiger partial charge in [-0.25, -0.2) is 0 Å². The second kappa shape index (κ2) is 6.75. The second-order valence-corrected chi connectivity index (χ2v) is 4.39. The Labute approximate surface area is 104 Å². The van der Waals surface area contributed by atoms with Crippen LogP contribution in [0.3, 0.4) is 0 Å². The fourth-order valence-corrected chi connectivity index (χ4v) is 1.84. The first-order valence-electron chi connectivity index (χ1n) is 4.95. The van der Waals surface area contributed by atoms with Gasteiger partial charge in [-0.3, -0.25) is 0 Å². The van der Waals surface area contributed by atoms with E-state index in [1.54, 1.807) is 11.8 Å². The molecule has 0 radical (unpaired) electrons. The van der Waals surface area contributed by atoms with Gasteiger partial charge in [-0.05, 0) is 31.7 Å². The molecule has 5 nitrogen and oxygen atoms in total. The van der Waals surface area contributed by atoms with Crippen LogP contribution in [0, 0.1) is 0 Å². The molecule has 7 heteroatoms. The zero-order chi connectivity index (χ0) is 12.0. The van der Waals surface area contributed by atoms with Crippen molar-refractivity contribution in [2.24, 2.45) is 0 Å². The van der Waals surface area contributed by atoms with Crippen LogP contribution in [-0.4, -0.2) is 39.6 Å². The Hall–Kier alpha value is -0.750. The third-order valence-corrected chi connectivity index (χ3v) is 2.66. The van der Waals surface area contributed by atoms with Crippen molar-refractivity contribution in [1.29, 1.82) is 0 Å². The lowest BCUT2D eigenvalue weighted by Crippen LogP contribution is -2.20. The molecule has 1 rings (SSSR count). The fourth-order valence-electron chi connectivity index (χ4n) is 1.10. The van der Waals surface area contributed by atoms with Crippen molar-refractivity contribution < 1.29 is 4.74 Å². The van der Waals surface area contributed by atoms with Crippen LogP contribution in [0.1, 0.15) is 13.8 Å². The number of aromatic nitrogens is 3. The summed E-state index contributed by atoms with van der Waals surface area (Å²) in [7, 11) is 0. The maximum absolute atomic E-state index is 5.76. The van der Waals surface area contributed by atoms with Crippen LogP contribution in [0.2, 0.25) is 5.28 Å². The number of anilines is 1. The van der Waals surface area contributed by atoms with E-state index in [0.717, 1.165) is 5.75 Å². The minimum absolute atomic E-state index is 0.136. The molecule has 1 atom stereocenters. The molecule has 0 saturated heterocycles. The largest absolute Gasteiger partial charge is 0.464 e. The molecule has 0 spiro atoms. The Balaban J connectivity index is 2.71. The molecule has 0 aliphatic heterocycles. The van der Waals surface area contributed by atoms with E-state index in [4.69, 9.17) is 16.3 Å². The van der Waals surface area contributed by atoms with Gasteiger partial charge in [0.15, 0.2) is 0 Å². The van der Waals surface area contributed by atoms with Gasteiger partial charge in [0, 0.05) is 11.8 Å². The lowest BCUT2D eigenvalue weighted by Gasteiger charge is -2.12. The van der Waals surface area contributed by atoms with Crippen LogP contribution in [-0.2, 0) is 0 Å². The molecule has 90 valence electrons. The third kappa shape index (κ3) is 4.40. The molecule has 0 aromatic carbocycles. The lowest BCUT2D eigenvalue weighted by atomic mass is 10.4. The third-order valence-electron chi connectivity index (χ3n) is 1.65. The van der Waals surface area contributed by atoms with E-state index < -0.39 is 0 Å². The summed E-state index contributed by atoms with van der Waals surface area (Å²) in [6, 6.07) is 0.518. The van der Waals surface area contributed by atoms with Gasteiger partial charge in [-0.1, -0.05) is 0 Å². The number of halogens is 1. The molecule has 0 amide bonds. The Morgan fingerprint density at radius 1 is 1.44 bits per heavy atom. The van der Waals surface area contributed by atoms with E-state index in [9.17, 15) is 0 Å². The summed E-state index contributed by atoms with van der Waals surface area (Å²) >= 11 is 7.51. The standard InChI is InChI=1S/C9H15ClN4OS/c1-4-15-9-13-7(10)12-8(14-9)11-6(2)5-16-3/h6H,4-5H2,1-3H3,(H,11,12,13,14). The first kappa shape index (κ1) is 13.3. The molecule has 16 heavy (non-hydrogen) atoms. The van der Waals surface area contributed by atoms with Gasteiger partial charge in [0.25, 0.3) is 0 Å². The van der Waals surface area contributed by atoms with E-state index in [0.29, 0.717) is 12.6 Å². The van der Waals surface area contributed by atoms with Gasteiger partial charge in [0.1, 0.15) is 0 Å². The molecule has 1 aromatic heterocycles. The summed E-state index contributed by atoms with van der Waals surface area (Å²) in [4.78, 5) is 11.9. The van der Waals surface area contributed by atoms with Gasteiger partial charge in [-0.2, -0.15) is 26.7 Å². The van der Waals surface area contributed by atoms with Crippen molar-refractivity contribution in [1.82, 2.24) is 15.0 Å². The van der Waals surface area contributed by atoms with Gasteiger partial charge < -0.3 is 10.1 Å². The number of nitrogens with one attached hydrogen (secondary N) is 1. The summed E-state index contributed by atoms with van der Waals surface area (Å²) in [5.41, 5.74) is 0. The van der Waals surface area contributed by atoms with Crippen molar-refractivity contribution in [3.8, 4) is 6.01 Å². The van der Waals surface area contributed by atoms with E-state index in [2.05, 4.69) is 27.2 Å². The normalized spacial score (nSPS) is 12.2. The number of hydrogen-bond donors (Lipinski definition) is 1. The summed E-state index contributed by atoms with van der Waals surface area (Å²) in [5.74, 6) is 1.41. The molecular formula is C9H15ClN4OS. The molecule has 0 aliphatic carbocycles. The summed E-state index contributed by atoms with van der Waals surface area (Å²) in [5, 5.41) is 3.27. The summed E-state index contributed by atoms with van der Waals surface area (Å²) in [6.07, 6.45) is 2.05. The molecule has 1 unspecified atom stereocenters. The predicted octanol–water partition coefficient (Wildman–Crippen LogP) is 2.09. The van der Waals surface area contributed by atoms with Crippen molar-refractivity contribution in [3.63, 3.8) is 0 Å². The van der Waals surface area contributed by atoms with Gasteiger partial charge >= 0.3 is 6.01 Å². The Kier molecular flexibility index (Phi) is 5.62. The highest BCUT2D eigenvalue weighted by atomic mass is 35.5. The first-order valence-corrected chi connectivity index (χ1v) is 6.72. The zero-order valence-electron chi connectivity index (χ0n) is 9.53. The summed E-state index contributed by atoms with van der Waals surface area (Å²) < 4.78 is 5.18. The number of ether oxygens (including phenoxy) is 1. The highest BCUT2D eigenvalue weighted by molar-refractivity contribution is 7.98. The topological polar surface area (TPSA) is 59.9 Å². The minimum atomic E-state index is 0.136. The average Bonchev–Trinajstić information content (AvgIpc) is 2.17. The maximum Gasteiger partial charge on any atom is 0.322 e. The van der Waals surface area contributed by atoms with E-state index in [1.807, 2.05) is 13.2 Å². The zero-order valence-corrected chi connectivity index (χ0v) is 11.1. The van der Waals surface area contributed by atoms with Gasteiger partial charge in [0.2, 0.25) is 11.2 Å². The van der Waals surface area contributed by atoms with E-state index >= 15 is 0 Å². The SMILES string of the molecule is CCOc1nc(Cl)nc(NC(C)CSC)n1. The van der Waals surface area contributed by atoms with E-state index in [-0.39, 0.29) is 17.3 Å². The summed E-state index contributed by atoms with van der Waals surface area (Å²) in [6.45, 7) is 4.41. The number of hydrogen-bond acceptors (Lipinski definition) is 6. The van der Waals surface area contributed by atoms with E-state index in [1.165, 1.54) is 0 Å². The minimum Gasteiger partial charge on any atom is -0.464 e. The number of nitrogens with zero attached hydrogens (tertiary/aromatic N) is 3. The van der Waals surface area contributed by atoms with Crippen LogP contribution in [0.5, 0.6) is 6.01 Å². The van der Waals surface area contributed by atoms with Crippen molar-refractivity contribution in [2.75, 3.05) is 23.9 Å². The number of rotatable bonds is 6. The van der Waals surface area contributed by atoms with Gasteiger partial charge in [0.05, 0.1) is 6.61 Å². The van der Waals surface area contributed by atoms with Crippen LogP contribution >= 0.6 is 23.4 Å². The smallest absolute Gasteiger partial charge is 0.322 e. The monoisotopic (exact) mass is 262 g/mol. The lowest BCUT2D eigenvalue weighted by molar-refractivity contribution is 0.312. The van der Waals surface area contributed by atoms with Crippen LogP contribution < -0.4 is 10.1 Å². The Bertz CT molecular complexity index is 339. The fraction of sp³-hybridized carbons (Fsp3) is 0.667. The quantitative estimate of drug-likeness (QED) is 0.847. The van der Waals surface area contributed by atoms with Gasteiger partial charge in [-0.15, -0.1) is 0 Å². The number of thioether (sulfide) groups is 1. The first-order chi connectivity index (χ1) is 7.65. The Morgan fingerprint density at radius 2 is 2.19 bits per heavy atom. The van der Waals surface area contributed by atoms with Crippen molar-refractivity contribution in [3.05, 3.63) is 5.28 Å². The van der Waals surface area contributed by atoms with Crippen LogP contribution in [0.15, 0.2) is 0 Å². The predicted molar refractivity (Wildman–Crippen MR) is 67.5 cm³/mol. The van der Waals surface area contributed by atoms with Crippen molar-refractivity contribution in [2.45, 2.75) is 19.9 Å². The molecule has 0 aliphatic rings. The molecule has 0 fully saturated rings. The second-order valence-electron chi connectivity index (χ2n) is 3.14. The highest BCUT2D eigenvalue weighted by Crippen LogP contribution is 2.12. The molecule has 1 N–H and O–H groups in total. The highest BCUT2D eigenvalue weighted by Gasteiger charge is 2.08. The van der Waals surface area contributed by atoms with Crippen molar-refractivity contribution >= 4 is 29.3 Å². The Morgan fingerprint density at radius 3 is 2.81 bits per heavy atom. The molecule has 0 bridgehead atoms. The van der Waals surface area contributed by atoms with Crippen LogP contribution in [0.25, 0.3) is 0 Å². The maximum atomic E-state index is 5.76. The van der Waals surface area contributed by atoms with Crippen LogP contribution in [0.4, 0.5) is 5.95 Å².